The fraction of sp³-hybridized carbons (Fsp3) is 0.231. The normalized spacial score (nSPS) is 12.5. The predicted molar refractivity (Wildman–Crippen MR) is 78.9 cm³/mol. The molecule has 0 spiro atoms. The molecule has 6 heteroatoms. The lowest BCUT2D eigenvalue weighted by Crippen LogP contribution is -2.10. The molecule has 0 bridgehead atoms. The first kappa shape index (κ1) is 12.0. The quantitative estimate of drug-likeness (QED) is 0.767. The van der Waals surface area contributed by atoms with Crippen molar-refractivity contribution in [2.45, 2.75) is 13.0 Å². The van der Waals surface area contributed by atoms with Gasteiger partial charge in [-0.1, -0.05) is 0 Å². The van der Waals surface area contributed by atoms with E-state index in [0.717, 1.165) is 17.3 Å². The summed E-state index contributed by atoms with van der Waals surface area (Å²) in [6, 6.07) is 2.32. The number of hydrogen-bond acceptors (Lipinski definition) is 5. The van der Waals surface area contributed by atoms with Crippen molar-refractivity contribution < 1.29 is 0 Å². The molecule has 0 aromatic carbocycles. The summed E-state index contributed by atoms with van der Waals surface area (Å²) in [5.41, 5.74) is 2.09. The number of fused-ring (bicyclic) bond motifs is 1. The lowest BCUT2D eigenvalue weighted by Gasteiger charge is -2.15. The number of anilines is 2. The van der Waals surface area contributed by atoms with Crippen molar-refractivity contribution in [2.24, 2.45) is 0 Å². The number of hydrogen-bond donors (Lipinski definition) is 2. The van der Waals surface area contributed by atoms with E-state index in [1.165, 1.54) is 5.56 Å². The molecule has 0 amide bonds. The Labute approximate surface area is 115 Å². The van der Waals surface area contributed by atoms with E-state index in [4.69, 9.17) is 0 Å². The molecule has 0 aliphatic rings. The van der Waals surface area contributed by atoms with Crippen LogP contribution in [0, 0.1) is 0 Å². The molecule has 0 aliphatic carbocycles. The fourth-order valence-corrected chi connectivity index (χ4v) is 2.71. The third kappa shape index (κ3) is 2.26. The van der Waals surface area contributed by atoms with Crippen LogP contribution in [-0.2, 0) is 0 Å². The molecule has 3 heterocycles. The van der Waals surface area contributed by atoms with Crippen molar-refractivity contribution in [3.8, 4) is 0 Å². The second-order valence-electron chi connectivity index (χ2n) is 4.31. The monoisotopic (exact) mass is 273 g/mol. The van der Waals surface area contributed by atoms with Crippen LogP contribution in [0.1, 0.15) is 18.5 Å². The van der Waals surface area contributed by atoms with Crippen LogP contribution in [0.4, 0.5) is 11.6 Å². The van der Waals surface area contributed by atoms with Crippen molar-refractivity contribution in [3.63, 3.8) is 0 Å². The van der Waals surface area contributed by atoms with Crippen LogP contribution in [0.15, 0.2) is 35.4 Å². The maximum absolute atomic E-state index is 4.54. The number of rotatable bonds is 4. The van der Waals surface area contributed by atoms with E-state index in [0.29, 0.717) is 0 Å². The fourth-order valence-electron chi connectivity index (χ4n) is 1.96. The Morgan fingerprint density at radius 1 is 1.42 bits per heavy atom. The van der Waals surface area contributed by atoms with Crippen molar-refractivity contribution in [3.05, 3.63) is 41.0 Å². The smallest absolute Gasteiger partial charge is 0.180 e. The van der Waals surface area contributed by atoms with Crippen LogP contribution >= 0.6 is 11.3 Å². The van der Waals surface area contributed by atoms with E-state index < -0.39 is 0 Å². The minimum absolute atomic E-state index is 0.200. The van der Waals surface area contributed by atoms with Gasteiger partial charge in [-0.15, -0.1) is 0 Å². The molecule has 0 saturated heterocycles. The third-order valence-electron chi connectivity index (χ3n) is 3.03. The summed E-state index contributed by atoms with van der Waals surface area (Å²) >= 11 is 1.70. The van der Waals surface area contributed by atoms with Gasteiger partial charge in [0.25, 0.3) is 0 Å². The summed E-state index contributed by atoms with van der Waals surface area (Å²) < 4.78 is 1.96. The lowest BCUT2D eigenvalue weighted by atomic mass is 10.2. The molecular formula is C13H15N5S. The summed E-state index contributed by atoms with van der Waals surface area (Å²) in [5, 5.41) is 10.7. The Morgan fingerprint density at radius 3 is 3.05 bits per heavy atom. The highest BCUT2D eigenvalue weighted by Crippen LogP contribution is 2.23. The molecule has 3 rings (SSSR count). The number of imidazole rings is 1. The van der Waals surface area contributed by atoms with Gasteiger partial charge >= 0.3 is 0 Å². The Bertz CT molecular complexity index is 673. The van der Waals surface area contributed by atoms with Crippen LogP contribution in [0.5, 0.6) is 0 Å². The Balaban J connectivity index is 1.97. The molecule has 98 valence electrons. The average molecular weight is 273 g/mol. The number of nitrogens with zero attached hydrogens (tertiary/aromatic N) is 3. The maximum Gasteiger partial charge on any atom is 0.180 e. The molecule has 1 atom stereocenters. The van der Waals surface area contributed by atoms with Crippen molar-refractivity contribution >= 4 is 28.6 Å². The maximum atomic E-state index is 4.54. The Hall–Kier alpha value is -2.08. The second kappa shape index (κ2) is 4.89. The van der Waals surface area contributed by atoms with Gasteiger partial charge < -0.3 is 15.0 Å². The van der Waals surface area contributed by atoms with Crippen LogP contribution in [-0.4, -0.2) is 21.4 Å². The van der Waals surface area contributed by atoms with E-state index in [1.54, 1.807) is 17.5 Å². The Morgan fingerprint density at radius 2 is 2.32 bits per heavy atom. The highest BCUT2D eigenvalue weighted by Gasteiger charge is 2.11. The number of thiophene rings is 1. The third-order valence-corrected chi connectivity index (χ3v) is 3.73. The summed E-state index contributed by atoms with van der Waals surface area (Å²) in [4.78, 5) is 8.88. The van der Waals surface area contributed by atoms with Gasteiger partial charge in [0.1, 0.15) is 5.82 Å². The van der Waals surface area contributed by atoms with Crippen molar-refractivity contribution in [2.75, 3.05) is 17.7 Å². The lowest BCUT2D eigenvalue weighted by molar-refractivity contribution is 0.878. The van der Waals surface area contributed by atoms with E-state index in [2.05, 4.69) is 44.4 Å². The van der Waals surface area contributed by atoms with E-state index in [1.807, 2.05) is 23.8 Å². The molecule has 0 aliphatic heterocycles. The summed E-state index contributed by atoms with van der Waals surface area (Å²) in [6.45, 7) is 2.12. The SMILES string of the molecule is CNc1cn2ccnc2c(NC(C)c2ccsc2)n1. The molecule has 19 heavy (non-hydrogen) atoms. The van der Waals surface area contributed by atoms with E-state index in [9.17, 15) is 0 Å². The van der Waals surface area contributed by atoms with Crippen molar-refractivity contribution in [1.29, 1.82) is 0 Å². The highest BCUT2D eigenvalue weighted by atomic mass is 32.1. The molecule has 2 N–H and O–H groups in total. The minimum atomic E-state index is 0.200. The number of nitrogens with one attached hydrogen (secondary N) is 2. The van der Waals surface area contributed by atoms with Gasteiger partial charge in [0.05, 0.1) is 12.2 Å². The summed E-state index contributed by atoms with van der Waals surface area (Å²) in [6.07, 6.45) is 5.61. The van der Waals surface area contributed by atoms with Gasteiger partial charge in [0, 0.05) is 19.4 Å². The summed E-state index contributed by atoms with van der Waals surface area (Å²) in [7, 11) is 1.86. The average Bonchev–Trinajstić information content (AvgIpc) is 3.09. The molecule has 0 saturated carbocycles. The first-order chi connectivity index (χ1) is 9.28. The van der Waals surface area contributed by atoms with Gasteiger partial charge in [-0.3, -0.25) is 0 Å². The molecule has 3 aromatic heterocycles. The molecular weight excluding hydrogens is 258 g/mol. The summed E-state index contributed by atoms with van der Waals surface area (Å²) in [5.74, 6) is 1.60. The number of aromatic nitrogens is 3. The topological polar surface area (TPSA) is 54.2 Å². The zero-order valence-corrected chi connectivity index (χ0v) is 11.6. The minimum Gasteiger partial charge on any atom is -0.372 e. The van der Waals surface area contributed by atoms with E-state index in [-0.39, 0.29) is 6.04 Å². The molecule has 0 fully saturated rings. The zero-order chi connectivity index (χ0) is 13.2. The standard InChI is InChI=1S/C13H15N5S/c1-9(10-3-6-19-8-10)16-12-13-15-4-5-18(13)7-11(14-2)17-12/h3-9,14H,1-2H3,(H,16,17). The zero-order valence-electron chi connectivity index (χ0n) is 10.8. The second-order valence-corrected chi connectivity index (χ2v) is 5.09. The molecule has 5 nitrogen and oxygen atoms in total. The van der Waals surface area contributed by atoms with Gasteiger partial charge in [0.15, 0.2) is 11.5 Å². The van der Waals surface area contributed by atoms with Crippen molar-refractivity contribution in [1.82, 2.24) is 14.4 Å². The molecule has 3 aromatic rings. The van der Waals surface area contributed by atoms with Gasteiger partial charge in [0.2, 0.25) is 0 Å². The Kier molecular flexibility index (Phi) is 3.08. The van der Waals surface area contributed by atoms with Crippen LogP contribution in [0.2, 0.25) is 0 Å². The van der Waals surface area contributed by atoms with E-state index >= 15 is 0 Å². The molecule has 1 unspecified atom stereocenters. The van der Waals surface area contributed by atoms with Gasteiger partial charge in [-0.2, -0.15) is 11.3 Å². The predicted octanol–water partition coefficient (Wildman–Crippen LogP) is 3.01. The largest absolute Gasteiger partial charge is 0.372 e. The van der Waals surface area contributed by atoms with Gasteiger partial charge in [-0.25, -0.2) is 9.97 Å². The first-order valence-corrected chi connectivity index (χ1v) is 7.02. The van der Waals surface area contributed by atoms with Crippen LogP contribution in [0.3, 0.4) is 0 Å². The van der Waals surface area contributed by atoms with Crippen LogP contribution < -0.4 is 10.6 Å². The molecule has 0 radical (unpaired) electrons. The first-order valence-electron chi connectivity index (χ1n) is 6.08. The van der Waals surface area contributed by atoms with Gasteiger partial charge in [-0.05, 0) is 29.3 Å². The highest BCUT2D eigenvalue weighted by molar-refractivity contribution is 7.07. The van der Waals surface area contributed by atoms with Crippen LogP contribution in [0.25, 0.3) is 5.65 Å².